The van der Waals surface area contributed by atoms with Gasteiger partial charge in [0.1, 0.15) is 0 Å². The normalized spacial score (nSPS) is 14.0. The van der Waals surface area contributed by atoms with E-state index >= 15 is 4.39 Å². The monoisotopic (exact) mass is 622 g/mol. The molecule has 1 fully saturated rings. The molecule has 0 spiro atoms. The lowest BCUT2D eigenvalue weighted by Gasteiger charge is -2.26. The van der Waals surface area contributed by atoms with Gasteiger partial charge < -0.3 is 24.4 Å². The highest BCUT2D eigenvalue weighted by Gasteiger charge is 2.22. The van der Waals surface area contributed by atoms with Gasteiger partial charge in [0.25, 0.3) is 11.4 Å². The Morgan fingerprint density at radius 2 is 1.97 bits per heavy atom. The number of benzene rings is 1. The van der Waals surface area contributed by atoms with Gasteiger partial charge in [-0.15, -0.1) is 11.7 Å². The van der Waals surface area contributed by atoms with Gasteiger partial charge in [-0.2, -0.15) is 4.39 Å². The molecular formula is C26H32FIN6O3. The van der Waals surface area contributed by atoms with E-state index in [4.69, 9.17) is 9.15 Å². The van der Waals surface area contributed by atoms with E-state index < -0.39 is 11.4 Å². The lowest BCUT2D eigenvalue weighted by Crippen LogP contribution is -2.36. The van der Waals surface area contributed by atoms with E-state index in [-0.39, 0.29) is 17.6 Å². The highest BCUT2D eigenvalue weighted by Crippen LogP contribution is 2.32. The highest BCUT2D eigenvalue weighted by molar-refractivity contribution is 14.1. The third-order valence-electron chi connectivity index (χ3n) is 6.20. The summed E-state index contributed by atoms with van der Waals surface area (Å²) in [6, 6.07) is 5.93. The second-order valence-corrected chi connectivity index (χ2v) is 10.2. The minimum Gasteiger partial charge on any atom is -0.403 e. The third-order valence-corrected chi connectivity index (χ3v) is 6.87. The summed E-state index contributed by atoms with van der Waals surface area (Å²) in [4.78, 5) is 15.4. The lowest BCUT2D eigenvalue weighted by molar-refractivity contribution is 0.0371. The van der Waals surface area contributed by atoms with Crippen LogP contribution < -0.4 is 16.2 Å². The number of morpholine rings is 1. The zero-order valence-corrected chi connectivity index (χ0v) is 23.1. The first-order valence-corrected chi connectivity index (χ1v) is 13.5. The molecule has 37 heavy (non-hydrogen) atoms. The Hall–Kier alpha value is -2.77. The number of nitrogens with one attached hydrogen (secondary N) is 2. The van der Waals surface area contributed by atoms with Gasteiger partial charge in [-0.1, -0.05) is 17.6 Å². The topological polar surface area (TPSA) is 97.5 Å². The summed E-state index contributed by atoms with van der Waals surface area (Å²) in [6.07, 6.45) is 5.95. The van der Waals surface area contributed by atoms with Crippen molar-refractivity contribution in [3.8, 4) is 11.5 Å². The number of anilines is 3. The number of ether oxygens (including phenoxy) is 1. The van der Waals surface area contributed by atoms with E-state index in [0.717, 1.165) is 61.2 Å². The standard InChI is InChI=1S/C26H32FIN6O3/c1-3-9-29-26-32-31-24(37-26)20-17-34(11-6-4-5-10-33-12-14-36-15-13-33)25(35)22(27)23(20)30-21-8-7-19(28)16-18(21)2/h3,7-8,16-17,30H,1,4-6,9-15H2,2H3,(H,29,32). The molecule has 9 nitrogen and oxygen atoms in total. The summed E-state index contributed by atoms with van der Waals surface area (Å²) in [5, 5.41) is 14.1. The number of aromatic nitrogens is 3. The SMILES string of the molecule is C=CCNc1nnc(-c2cn(CCCCCN3CCOCC3)c(=O)c(F)c2Nc2ccc(I)cc2C)o1. The molecule has 198 valence electrons. The van der Waals surface area contributed by atoms with E-state index in [1.54, 1.807) is 12.3 Å². The maximum absolute atomic E-state index is 15.6. The van der Waals surface area contributed by atoms with E-state index in [1.807, 2.05) is 25.1 Å². The number of halogens is 2. The lowest BCUT2D eigenvalue weighted by atomic mass is 10.1. The van der Waals surface area contributed by atoms with Crippen molar-refractivity contribution in [1.82, 2.24) is 19.7 Å². The minimum atomic E-state index is -0.887. The van der Waals surface area contributed by atoms with Gasteiger partial charge in [0.05, 0.1) is 24.5 Å². The molecule has 1 aromatic carbocycles. The van der Waals surface area contributed by atoms with Crippen LogP contribution in [0.25, 0.3) is 11.5 Å². The molecule has 1 aliphatic rings. The molecule has 3 heterocycles. The average molecular weight is 622 g/mol. The van der Waals surface area contributed by atoms with Crippen molar-refractivity contribution in [1.29, 1.82) is 0 Å². The number of aryl methyl sites for hydroxylation is 2. The van der Waals surface area contributed by atoms with E-state index in [1.165, 1.54) is 4.57 Å². The zero-order chi connectivity index (χ0) is 26.2. The fourth-order valence-electron chi connectivity index (χ4n) is 4.16. The molecule has 0 radical (unpaired) electrons. The predicted octanol–water partition coefficient (Wildman–Crippen LogP) is 4.79. The number of pyridine rings is 1. The molecule has 2 N–H and O–H groups in total. The molecule has 0 unspecified atom stereocenters. The van der Waals surface area contributed by atoms with Crippen LogP contribution in [0.15, 0.2) is 46.3 Å². The van der Waals surface area contributed by atoms with Crippen molar-refractivity contribution in [2.24, 2.45) is 0 Å². The van der Waals surface area contributed by atoms with Crippen LogP contribution in [0.4, 0.5) is 21.8 Å². The van der Waals surface area contributed by atoms with Crippen LogP contribution in [0, 0.1) is 16.3 Å². The van der Waals surface area contributed by atoms with Gasteiger partial charge in [0.15, 0.2) is 0 Å². The Labute approximate surface area is 229 Å². The van der Waals surface area contributed by atoms with Crippen molar-refractivity contribution in [2.75, 3.05) is 50.0 Å². The molecule has 11 heteroatoms. The van der Waals surface area contributed by atoms with Gasteiger partial charge in [0, 0.05) is 41.6 Å². The van der Waals surface area contributed by atoms with Gasteiger partial charge in [-0.3, -0.25) is 9.69 Å². The number of hydrogen-bond acceptors (Lipinski definition) is 8. The molecule has 1 saturated heterocycles. The molecule has 4 rings (SSSR count). The van der Waals surface area contributed by atoms with Crippen molar-refractivity contribution >= 4 is 40.0 Å². The second-order valence-electron chi connectivity index (χ2n) is 8.91. The van der Waals surface area contributed by atoms with Crippen LogP contribution >= 0.6 is 22.6 Å². The molecule has 3 aromatic rings. The molecule has 0 aliphatic carbocycles. The molecule has 0 saturated carbocycles. The minimum absolute atomic E-state index is 0.0109. The summed E-state index contributed by atoms with van der Waals surface area (Å²) in [6.45, 7) is 10.9. The van der Waals surface area contributed by atoms with E-state index in [9.17, 15) is 4.79 Å². The number of unbranched alkanes of at least 4 members (excludes halogenated alkanes) is 2. The first kappa shape index (κ1) is 27.3. The average Bonchev–Trinajstić information content (AvgIpc) is 3.37. The predicted molar refractivity (Wildman–Crippen MR) is 151 cm³/mol. The number of hydrogen-bond donors (Lipinski definition) is 2. The summed E-state index contributed by atoms with van der Waals surface area (Å²) >= 11 is 2.22. The Kier molecular flexibility index (Phi) is 9.69. The molecule has 0 bridgehead atoms. The van der Waals surface area contributed by atoms with Gasteiger partial charge in [-0.25, -0.2) is 0 Å². The molecule has 0 atom stereocenters. The largest absolute Gasteiger partial charge is 0.403 e. The van der Waals surface area contributed by atoms with Crippen molar-refractivity contribution in [3.63, 3.8) is 0 Å². The summed E-state index contributed by atoms with van der Waals surface area (Å²) in [5.41, 5.74) is 1.25. The summed E-state index contributed by atoms with van der Waals surface area (Å²) in [7, 11) is 0. The van der Waals surface area contributed by atoms with Crippen molar-refractivity contribution < 1.29 is 13.5 Å². The van der Waals surface area contributed by atoms with Crippen LogP contribution in [0.1, 0.15) is 24.8 Å². The van der Waals surface area contributed by atoms with Crippen molar-refractivity contribution in [3.05, 3.63) is 62.4 Å². The Bertz CT molecular complexity index is 1270. The summed E-state index contributed by atoms with van der Waals surface area (Å²) < 4.78 is 29.2. The first-order chi connectivity index (χ1) is 18.0. The quantitative estimate of drug-likeness (QED) is 0.169. The number of nitrogens with zero attached hydrogens (tertiary/aromatic N) is 4. The van der Waals surface area contributed by atoms with E-state index in [2.05, 4.69) is 54.9 Å². The summed E-state index contributed by atoms with van der Waals surface area (Å²) in [5.74, 6) is -0.778. The Morgan fingerprint density at radius 3 is 2.73 bits per heavy atom. The molecule has 2 aromatic heterocycles. The fraction of sp³-hybridized carbons (Fsp3) is 0.423. The Morgan fingerprint density at radius 1 is 1.19 bits per heavy atom. The van der Waals surface area contributed by atoms with Gasteiger partial charge in [0.2, 0.25) is 5.82 Å². The van der Waals surface area contributed by atoms with E-state index in [0.29, 0.717) is 24.3 Å². The first-order valence-electron chi connectivity index (χ1n) is 12.4. The van der Waals surface area contributed by atoms with Crippen LogP contribution in [-0.4, -0.2) is 59.1 Å². The molecule has 0 amide bonds. The fourth-order valence-corrected chi connectivity index (χ4v) is 4.81. The maximum atomic E-state index is 15.6. The third kappa shape index (κ3) is 7.17. The van der Waals surface area contributed by atoms with Crippen LogP contribution in [-0.2, 0) is 11.3 Å². The van der Waals surface area contributed by atoms with Crippen molar-refractivity contribution in [2.45, 2.75) is 32.7 Å². The Balaban J connectivity index is 1.56. The highest BCUT2D eigenvalue weighted by atomic mass is 127. The zero-order valence-electron chi connectivity index (χ0n) is 20.9. The number of rotatable bonds is 12. The molecular weight excluding hydrogens is 590 g/mol. The van der Waals surface area contributed by atoms with Crippen LogP contribution in [0.5, 0.6) is 0 Å². The van der Waals surface area contributed by atoms with Crippen LogP contribution in [0.2, 0.25) is 0 Å². The molecule has 1 aliphatic heterocycles. The smallest absolute Gasteiger partial charge is 0.315 e. The van der Waals surface area contributed by atoms with Gasteiger partial charge >= 0.3 is 6.01 Å². The maximum Gasteiger partial charge on any atom is 0.315 e. The van der Waals surface area contributed by atoms with Crippen LogP contribution in [0.3, 0.4) is 0 Å². The van der Waals surface area contributed by atoms with Gasteiger partial charge in [-0.05, 0) is 72.7 Å². The second kappa shape index (κ2) is 13.2.